The summed E-state index contributed by atoms with van der Waals surface area (Å²) in [5, 5.41) is 20.7. The summed E-state index contributed by atoms with van der Waals surface area (Å²) >= 11 is 0. The third kappa shape index (κ3) is 3.52. The third-order valence-corrected chi connectivity index (χ3v) is 4.95. The number of aromatic nitrogens is 1. The first kappa shape index (κ1) is 20.0. The van der Waals surface area contributed by atoms with Crippen LogP contribution in [0.4, 0.5) is 14.5 Å². The van der Waals surface area contributed by atoms with E-state index in [0.717, 1.165) is 23.4 Å². The Bertz CT molecular complexity index is 963. The maximum absolute atomic E-state index is 15.3. The summed E-state index contributed by atoms with van der Waals surface area (Å²) in [6, 6.07) is 0.897. The molecule has 1 fully saturated rings. The van der Waals surface area contributed by atoms with Gasteiger partial charge in [0.25, 0.3) is 0 Å². The fraction of sp³-hybridized carbons (Fsp3) is 0.444. The number of aliphatic hydroxyl groups is 1. The van der Waals surface area contributed by atoms with Crippen molar-refractivity contribution in [3.8, 4) is 0 Å². The predicted molar refractivity (Wildman–Crippen MR) is 101 cm³/mol. The zero-order chi connectivity index (χ0) is 20.4. The van der Waals surface area contributed by atoms with Gasteiger partial charge in [-0.15, -0.1) is 0 Å². The molecule has 28 heavy (non-hydrogen) atoms. The van der Waals surface area contributed by atoms with Gasteiger partial charge in [-0.1, -0.05) is 0 Å². The molecule has 1 unspecified atom stereocenters. The van der Waals surface area contributed by atoms with Crippen LogP contribution in [0.2, 0.25) is 0 Å². The largest absolute Gasteiger partial charge is 0.477 e. The predicted octanol–water partition coefficient (Wildman–Crippen LogP) is 0.559. The minimum atomic E-state index is -1.47. The number of hydrogen-bond donors (Lipinski definition) is 4. The van der Waals surface area contributed by atoms with E-state index < -0.39 is 28.6 Å². The number of pyridine rings is 1. The molecular weight excluding hydrogens is 374 g/mol. The van der Waals surface area contributed by atoms with Gasteiger partial charge in [-0.3, -0.25) is 9.47 Å². The first-order chi connectivity index (χ1) is 13.4. The fourth-order valence-corrected chi connectivity index (χ4v) is 3.61. The van der Waals surface area contributed by atoms with Crippen molar-refractivity contribution in [3.63, 3.8) is 0 Å². The van der Waals surface area contributed by atoms with Gasteiger partial charge in [-0.2, -0.15) is 0 Å². The van der Waals surface area contributed by atoms with Gasteiger partial charge in [-0.25, -0.2) is 13.6 Å². The van der Waals surface area contributed by atoms with E-state index >= 15 is 4.39 Å². The monoisotopic (exact) mass is 396 g/mol. The number of halogens is 2. The molecule has 1 aliphatic heterocycles. The van der Waals surface area contributed by atoms with E-state index in [4.69, 9.17) is 5.11 Å². The number of hydrogen-bond acceptors (Lipinski definition) is 6. The molecule has 1 aromatic heterocycles. The van der Waals surface area contributed by atoms with E-state index in [1.165, 1.54) is 7.05 Å². The highest BCUT2D eigenvalue weighted by Gasteiger charge is 2.29. The topological polar surface area (TPSA) is 107 Å². The van der Waals surface area contributed by atoms with Crippen LogP contribution in [0.3, 0.4) is 0 Å². The fourth-order valence-electron chi connectivity index (χ4n) is 3.61. The summed E-state index contributed by atoms with van der Waals surface area (Å²) in [4.78, 5) is 25.2. The molecule has 10 heteroatoms. The highest BCUT2D eigenvalue weighted by Crippen LogP contribution is 2.33. The summed E-state index contributed by atoms with van der Waals surface area (Å²) in [6.07, 6.45) is 1.72. The number of aliphatic hydroxyl groups excluding tert-OH is 1. The Kier molecular flexibility index (Phi) is 5.80. The van der Waals surface area contributed by atoms with Gasteiger partial charge in [0.15, 0.2) is 5.82 Å². The number of rotatable bonds is 7. The molecule has 4 N–H and O–H groups in total. The molecule has 3 rings (SSSR count). The first-order valence-corrected chi connectivity index (χ1v) is 8.94. The number of benzene rings is 1. The van der Waals surface area contributed by atoms with Gasteiger partial charge in [-0.05, 0) is 24.9 Å². The molecule has 0 saturated carbocycles. The smallest absolute Gasteiger partial charge is 0.341 e. The van der Waals surface area contributed by atoms with Crippen LogP contribution in [-0.2, 0) is 0 Å². The van der Waals surface area contributed by atoms with Crippen molar-refractivity contribution in [1.29, 1.82) is 0 Å². The number of nitrogens with zero attached hydrogens (tertiary/aromatic N) is 2. The van der Waals surface area contributed by atoms with Crippen molar-refractivity contribution < 1.29 is 23.8 Å². The Morgan fingerprint density at radius 1 is 1.39 bits per heavy atom. The number of carboxylic acid groups (broad SMARTS) is 1. The maximum atomic E-state index is 15.3. The lowest BCUT2D eigenvalue weighted by Gasteiger charge is -2.22. The molecule has 1 aliphatic rings. The molecule has 0 aliphatic carbocycles. The van der Waals surface area contributed by atoms with Crippen molar-refractivity contribution in [2.24, 2.45) is 5.92 Å². The van der Waals surface area contributed by atoms with Crippen LogP contribution in [0.25, 0.3) is 10.9 Å². The number of aromatic carboxylic acids is 1. The lowest BCUT2D eigenvalue weighted by molar-refractivity contribution is 0.0695. The average molecular weight is 396 g/mol. The van der Waals surface area contributed by atoms with Crippen LogP contribution < -0.4 is 21.1 Å². The maximum Gasteiger partial charge on any atom is 0.341 e. The summed E-state index contributed by atoms with van der Waals surface area (Å²) < 4.78 is 31.1. The standard InChI is InChI=1S/C18H22F2N4O4/c1-21-24-9-12(18(27)28)17(26)11-6-13(19)16(14(20)15(11)24)23-4-2-10(8-23)7-22-3-5-25/h6,9-10,21-22,25H,2-5,7-8H2,1H3,(H,27,28). The van der Waals surface area contributed by atoms with Crippen molar-refractivity contribution >= 4 is 22.6 Å². The Balaban J connectivity index is 2.05. The molecule has 8 nitrogen and oxygen atoms in total. The van der Waals surface area contributed by atoms with E-state index in [2.05, 4.69) is 10.7 Å². The molecule has 152 valence electrons. The summed E-state index contributed by atoms with van der Waals surface area (Å²) in [6.45, 7) is 1.97. The molecule has 1 atom stereocenters. The highest BCUT2D eigenvalue weighted by atomic mass is 19.1. The van der Waals surface area contributed by atoms with Crippen LogP contribution in [0.1, 0.15) is 16.8 Å². The van der Waals surface area contributed by atoms with Crippen LogP contribution >= 0.6 is 0 Å². The molecule has 0 spiro atoms. The Hall–Kier alpha value is -2.72. The van der Waals surface area contributed by atoms with E-state index in [1.54, 1.807) is 4.90 Å². The quantitative estimate of drug-likeness (QED) is 0.507. The van der Waals surface area contributed by atoms with Crippen LogP contribution in [0.15, 0.2) is 17.1 Å². The second-order valence-electron chi connectivity index (χ2n) is 6.72. The molecule has 0 amide bonds. The van der Waals surface area contributed by atoms with Crippen molar-refractivity contribution in [1.82, 2.24) is 9.99 Å². The normalized spacial score (nSPS) is 16.7. The number of carbonyl (C=O) groups is 1. The zero-order valence-electron chi connectivity index (χ0n) is 15.3. The first-order valence-electron chi connectivity index (χ1n) is 8.94. The van der Waals surface area contributed by atoms with Crippen molar-refractivity contribution in [3.05, 3.63) is 39.7 Å². The van der Waals surface area contributed by atoms with Crippen molar-refractivity contribution in [2.45, 2.75) is 6.42 Å². The second-order valence-corrected chi connectivity index (χ2v) is 6.72. The summed E-state index contributed by atoms with van der Waals surface area (Å²) in [5.74, 6) is -3.13. The van der Waals surface area contributed by atoms with Gasteiger partial charge in [0, 0.05) is 32.9 Å². The van der Waals surface area contributed by atoms with Crippen LogP contribution in [0.5, 0.6) is 0 Å². The zero-order valence-corrected chi connectivity index (χ0v) is 15.3. The minimum Gasteiger partial charge on any atom is -0.477 e. The highest BCUT2D eigenvalue weighted by molar-refractivity contribution is 5.94. The number of fused-ring (bicyclic) bond motifs is 1. The summed E-state index contributed by atoms with van der Waals surface area (Å²) in [7, 11) is 1.44. The van der Waals surface area contributed by atoms with E-state index in [0.29, 0.717) is 26.2 Å². The molecular formula is C18H22F2N4O4. The van der Waals surface area contributed by atoms with Gasteiger partial charge >= 0.3 is 5.97 Å². The molecule has 0 bridgehead atoms. The molecule has 1 aromatic carbocycles. The second kappa shape index (κ2) is 8.11. The van der Waals surface area contributed by atoms with Gasteiger partial charge in [0.2, 0.25) is 5.43 Å². The third-order valence-electron chi connectivity index (χ3n) is 4.95. The van der Waals surface area contributed by atoms with Crippen LogP contribution in [0, 0.1) is 17.6 Å². The Morgan fingerprint density at radius 2 is 2.14 bits per heavy atom. The summed E-state index contributed by atoms with van der Waals surface area (Å²) in [5.41, 5.74) is 0.664. The molecule has 2 aromatic rings. The minimum absolute atomic E-state index is 0.0181. The van der Waals surface area contributed by atoms with E-state index in [9.17, 15) is 19.1 Å². The molecule has 1 saturated heterocycles. The number of anilines is 1. The SMILES string of the molecule is CNn1cc(C(=O)O)c(=O)c2cc(F)c(N3CCC(CNCCO)C3)c(F)c21. The van der Waals surface area contributed by atoms with E-state index in [-0.39, 0.29) is 29.1 Å². The van der Waals surface area contributed by atoms with Crippen LogP contribution in [-0.4, -0.2) is 60.7 Å². The molecule has 0 radical (unpaired) electrons. The number of carboxylic acids is 1. The lowest BCUT2D eigenvalue weighted by Crippen LogP contribution is -2.29. The Labute approximate surface area is 159 Å². The van der Waals surface area contributed by atoms with Gasteiger partial charge < -0.3 is 25.9 Å². The van der Waals surface area contributed by atoms with Gasteiger partial charge in [0.1, 0.15) is 22.6 Å². The van der Waals surface area contributed by atoms with Crippen molar-refractivity contribution in [2.75, 3.05) is 50.2 Å². The lowest BCUT2D eigenvalue weighted by atomic mass is 10.1. The van der Waals surface area contributed by atoms with Gasteiger partial charge in [0.05, 0.1) is 12.0 Å². The molecule has 2 heterocycles. The number of nitrogens with one attached hydrogen (secondary N) is 2. The average Bonchev–Trinajstić information content (AvgIpc) is 3.11. The Morgan fingerprint density at radius 3 is 2.79 bits per heavy atom. The van der Waals surface area contributed by atoms with E-state index in [1.807, 2.05) is 0 Å².